The van der Waals surface area contributed by atoms with Gasteiger partial charge in [-0.3, -0.25) is 14.4 Å². The Bertz CT molecular complexity index is 1000. The highest BCUT2D eigenvalue weighted by molar-refractivity contribution is 6.08. The Balaban J connectivity index is 1.54. The first kappa shape index (κ1) is 26.0. The van der Waals surface area contributed by atoms with Crippen LogP contribution < -0.4 is 10.6 Å². The second-order valence-electron chi connectivity index (χ2n) is 10.5. The van der Waals surface area contributed by atoms with Crippen molar-refractivity contribution in [3.63, 3.8) is 0 Å². The van der Waals surface area contributed by atoms with Crippen molar-refractivity contribution in [3.05, 3.63) is 54.0 Å². The SMILES string of the molecule is CC(C)C(NC(=O)c1ccccc1NC(=O)c1ccco1)C(=O)N(C1CCCCC1)C1CCCCC1. The van der Waals surface area contributed by atoms with Crippen LogP contribution in [0.4, 0.5) is 5.69 Å². The number of rotatable bonds is 8. The molecule has 0 saturated heterocycles. The van der Waals surface area contributed by atoms with Crippen LogP contribution in [0.2, 0.25) is 0 Å². The Kier molecular flexibility index (Phi) is 8.83. The lowest BCUT2D eigenvalue weighted by Crippen LogP contribution is -2.57. The molecule has 0 aliphatic heterocycles. The van der Waals surface area contributed by atoms with Crippen LogP contribution in [0, 0.1) is 5.92 Å². The summed E-state index contributed by atoms with van der Waals surface area (Å²) in [7, 11) is 0. The molecule has 1 aromatic heterocycles. The van der Waals surface area contributed by atoms with E-state index in [0.29, 0.717) is 11.3 Å². The van der Waals surface area contributed by atoms with E-state index in [1.807, 2.05) is 13.8 Å². The Morgan fingerprint density at radius 3 is 2.00 bits per heavy atom. The lowest BCUT2D eigenvalue weighted by atomic mass is 9.87. The minimum atomic E-state index is -0.629. The number of hydrogen-bond acceptors (Lipinski definition) is 4. The summed E-state index contributed by atoms with van der Waals surface area (Å²) in [6.07, 6.45) is 12.7. The van der Waals surface area contributed by atoms with Gasteiger partial charge < -0.3 is 20.0 Å². The van der Waals surface area contributed by atoms with Crippen molar-refractivity contribution < 1.29 is 18.8 Å². The molecule has 2 N–H and O–H groups in total. The number of anilines is 1. The molecule has 194 valence electrons. The molecule has 36 heavy (non-hydrogen) atoms. The average molecular weight is 494 g/mol. The van der Waals surface area contributed by atoms with Gasteiger partial charge in [0, 0.05) is 12.1 Å². The first-order valence-electron chi connectivity index (χ1n) is 13.5. The lowest BCUT2D eigenvalue weighted by Gasteiger charge is -2.44. The normalized spacial score (nSPS) is 18.0. The van der Waals surface area contributed by atoms with Crippen LogP contribution in [-0.4, -0.2) is 40.7 Å². The quantitative estimate of drug-likeness (QED) is 0.488. The summed E-state index contributed by atoms with van der Waals surface area (Å²) in [5, 5.41) is 5.80. The Labute approximate surface area is 214 Å². The number of benzene rings is 1. The van der Waals surface area contributed by atoms with Crippen LogP contribution in [-0.2, 0) is 4.79 Å². The molecule has 2 fully saturated rings. The molecule has 1 unspecified atom stereocenters. The minimum Gasteiger partial charge on any atom is -0.459 e. The summed E-state index contributed by atoms with van der Waals surface area (Å²) in [4.78, 5) is 42.3. The number of amides is 3. The zero-order valence-electron chi connectivity index (χ0n) is 21.5. The Hall–Kier alpha value is -3.09. The molecule has 1 atom stereocenters. The maximum absolute atomic E-state index is 14.1. The number of carbonyl (C=O) groups is 3. The summed E-state index contributed by atoms with van der Waals surface area (Å²) in [6, 6.07) is 9.93. The number of hydrogen-bond donors (Lipinski definition) is 2. The third-order valence-corrected chi connectivity index (χ3v) is 7.57. The molecule has 2 aliphatic carbocycles. The number of nitrogens with zero attached hydrogens (tertiary/aromatic N) is 1. The largest absolute Gasteiger partial charge is 0.459 e. The Morgan fingerprint density at radius 1 is 0.833 bits per heavy atom. The third-order valence-electron chi connectivity index (χ3n) is 7.57. The molecule has 2 aliphatic rings. The molecule has 4 rings (SSSR count). The number of nitrogens with one attached hydrogen (secondary N) is 2. The number of para-hydroxylation sites is 1. The van der Waals surface area contributed by atoms with E-state index in [2.05, 4.69) is 15.5 Å². The van der Waals surface area contributed by atoms with Gasteiger partial charge in [0.25, 0.3) is 11.8 Å². The van der Waals surface area contributed by atoms with Gasteiger partial charge in [-0.15, -0.1) is 0 Å². The van der Waals surface area contributed by atoms with Crippen molar-refractivity contribution in [1.29, 1.82) is 0 Å². The third kappa shape index (κ3) is 6.18. The fourth-order valence-corrected chi connectivity index (χ4v) is 5.65. The molecule has 7 heteroatoms. The van der Waals surface area contributed by atoms with Crippen LogP contribution in [0.1, 0.15) is 99.0 Å². The smallest absolute Gasteiger partial charge is 0.291 e. The molecular weight excluding hydrogens is 454 g/mol. The molecule has 2 saturated carbocycles. The maximum Gasteiger partial charge on any atom is 0.291 e. The number of carbonyl (C=O) groups excluding carboxylic acids is 3. The minimum absolute atomic E-state index is 0.0363. The zero-order valence-corrected chi connectivity index (χ0v) is 21.5. The second kappa shape index (κ2) is 12.2. The molecule has 7 nitrogen and oxygen atoms in total. The molecule has 0 spiro atoms. The summed E-state index contributed by atoms with van der Waals surface area (Å²) >= 11 is 0. The predicted octanol–water partition coefficient (Wildman–Crippen LogP) is 5.78. The van der Waals surface area contributed by atoms with E-state index in [0.717, 1.165) is 51.4 Å². The van der Waals surface area contributed by atoms with E-state index >= 15 is 0 Å². The number of furan rings is 1. The summed E-state index contributed by atoms with van der Waals surface area (Å²) < 4.78 is 5.17. The Morgan fingerprint density at radius 2 is 1.44 bits per heavy atom. The highest BCUT2D eigenvalue weighted by Crippen LogP contribution is 2.31. The first-order chi connectivity index (χ1) is 17.5. The van der Waals surface area contributed by atoms with Gasteiger partial charge >= 0.3 is 0 Å². The van der Waals surface area contributed by atoms with Crippen molar-refractivity contribution in [2.45, 2.75) is 96.2 Å². The molecule has 3 amide bonds. The highest BCUT2D eigenvalue weighted by atomic mass is 16.3. The fraction of sp³-hybridized carbons (Fsp3) is 0.552. The van der Waals surface area contributed by atoms with Crippen LogP contribution in [0.5, 0.6) is 0 Å². The lowest BCUT2D eigenvalue weighted by molar-refractivity contribution is -0.141. The van der Waals surface area contributed by atoms with Gasteiger partial charge in [-0.1, -0.05) is 64.5 Å². The molecule has 0 radical (unpaired) electrons. The van der Waals surface area contributed by atoms with Crippen LogP contribution in [0.3, 0.4) is 0 Å². The molecular formula is C29H39N3O4. The van der Waals surface area contributed by atoms with Gasteiger partial charge in [0.2, 0.25) is 5.91 Å². The highest BCUT2D eigenvalue weighted by Gasteiger charge is 2.37. The first-order valence-corrected chi connectivity index (χ1v) is 13.5. The van der Waals surface area contributed by atoms with Gasteiger partial charge in [0.15, 0.2) is 5.76 Å². The van der Waals surface area contributed by atoms with Gasteiger partial charge in [-0.05, 0) is 55.9 Å². The average Bonchev–Trinajstić information content (AvgIpc) is 3.44. The summed E-state index contributed by atoms with van der Waals surface area (Å²) in [5.74, 6) is -0.673. The predicted molar refractivity (Wildman–Crippen MR) is 140 cm³/mol. The van der Waals surface area contributed by atoms with E-state index in [4.69, 9.17) is 4.42 Å². The van der Waals surface area contributed by atoms with Crippen molar-refractivity contribution >= 4 is 23.4 Å². The molecule has 0 bridgehead atoms. The van der Waals surface area contributed by atoms with Crippen molar-refractivity contribution in [3.8, 4) is 0 Å². The van der Waals surface area contributed by atoms with E-state index in [1.165, 1.54) is 19.1 Å². The molecule has 1 aromatic carbocycles. The van der Waals surface area contributed by atoms with Crippen molar-refractivity contribution in [2.75, 3.05) is 5.32 Å². The van der Waals surface area contributed by atoms with Crippen molar-refractivity contribution in [2.24, 2.45) is 5.92 Å². The summed E-state index contributed by atoms with van der Waals surface area (Å²) in [5.41, 5.74) is 0.695. The summed E-state index contributed by atoms with van der Waals surface area (Å²) in [6.45, 7) is 3.96. The fourth-order valence-electron chi connectivity index (χ4n) is 5.65. The van der Waals surface area contributed by atoms with Gasteiger partial charge in [-0.2, -0.15) is 0 Å². The van der Waals surface area contributed by atoms with Crippen LogP contribution in [0.25, 0.3) is 0 Å². The molecule has 1 heterocycles. The van der Waals surface area contributed by atoms with E-state index in [9.17, 15) is 14.4 Å². The second-order valence-corrected chi connectivity index (χ2v) is 10.5. The van der Waals surface area contributed by atoms with Crippen molar-refractivity contribution in [1.82, 2.24) is 10.2 Å². The zero-order chi connectivity index (χ0) is 25.5. The van der Waals surface area contributed by atoms with E-state index < -0.39 is 11.9 Å². The van der Waals surface area contributed by atoms with Crippen LogP contribution in [0.15, 0.2) is 47.1 Å². The monoisotopic (exact) mass is 493 g/mol. The maximum atomic E-state index is 14.1. The molecule has 2 aromatic rings. The van der Waals surface area contributed by atoms with E-state index in [-0.39, 0.29) is 35.6 Å². The van der Waals surface area contributed by atoms with E-state index in [1.54, 1.807) is 36.4 Å². The van der Waals surface area contributed by atoms with Gasteiger partial charge in [0.1, 0.15) is 6.04 Å². The standard InChI is InChI=1S/C29H39N3O4/c1-20(2)26(29(35)32(21-12-5-3-6-13-21)22-14-7-4-8-15-22)31-27(33)23-16-9-10-17-24(23)30-28(34)25-18-11-19-36-25/h9-11,16-22,26H,3-8,12-15H2,1-2H3,(H,30,34)(H,31,33). The van der Waals surface area contributed by atoms with Gasteiger partial charge in [0.05, 0.1) is 17.5 Å². The topological polar surface area (TPSA) is 91.6 Å². The van der Waals surface area contributed by atoms with Crippen LogP contribution >= 0.6 is 0 Å². The van der Waals surface area contributed by atoms with Gasteiger partial charge in [-0.25, -0.2) is 0 Å².